The van der Waals surface area contributed by atoms with Crippen LogP contribution in [0, 0.1) is 0 Å². The minimum atomic E-state index is -0.743. The maximum absolute atomic E-state index is 12.8. The molecule has 0 bridgehead atoms. The van der Waals surface area contributed by atoms with Crippen LogP contribution in [0.25, 0.3) is 0 Å². The molecule has 0 saturated carbocycles. The van der Waals surface area contributed by atoms with Gasteiger partial charge in [-0.3, -0.25) is 9.69 Å². The Morgan fingerprint density at radius 3 is 2.48 bits per heavy atom. The predicted molar refractivity (Wildman–Crippen MR) is 115 cm³/mol. The van der Waals surface area contributed by atoms with Gasteiger partial charge < -0.3 is 19.9 Å². The largest absolute Gasteiger partial charge is 0.444 e. The van der Waals surface area contributed by atoms with Crippen LogP contribution in [0.4, 0.5) is 4.79 Å². The number of carbonyl (C=O) groups is 2. The van der Waals surface area contributed by atoms with E-state index in [1.807, 2.05) is 58.9 Å². The molecule has 0 radical (unpaired) electrons. The van der Waals surface area contributed by atoms with Crippen molar-refractivity contribution in [2.75, 3.05) is 6.61 Å². The molecule has 1 saturated heterocycles. The molecule has 8 heteroatoms. The van der Waals surface area contributed by atoms with E-state index in [1.54, 1.807) is 17.0 Å². The monoisotopic (exact) mass is 427 g/mol. The Kier molecular flexibility index (Phi) is 6.22. The Bertz CT molecular complexity index is 950. The summed E-state index contributed by atoms with van der Waals surface area (Å²) in [6.07, 6.45) is 0.221. The van der Waals surface area contributed by atoms with Gasteiger partial charge in [0.25, 0.3) is 5.91 Å². The van der Waals surface area contributed by atoms with Crippen LogP contribution in [0.15, 0.2) is 42.5 Å². The van der Waals surface area contributed by atoms with Crippen LogP contribution in [-0.4, -0.2) is 45.9 Å². The van der Waals surface area contributed by atoms with Crippen LogP contribution in [0.2, 0.25) is 0 Å². The molecule has 1 aromatic carbocycles. The molecule has 2 amide bonds. The van der Waals surface area contributed by atoms with Crippen molar-refractivity contribution in [1.82, 2.24) is 9.88 Å². The van der Waals surface area contributed by atoms with E-state index in [0.29, 0.717) is 18.8 Å². The molecule has 3 rings (SSSR count). The number of ether oxygens (including phenoxy) is 3. The molecular weight excluding hydrogens is 398 g/mol. The summed E-state index contributed by atoms with van der Waals surface area (Å²) in [7, 11) is 0. The molecule has 1 atom stereocenters. The van der Waals surface area contributed by atoms with E-state index < -0.39 is 17.2 Å². The van der Waals surface area contributed by atoms with Crippen molar-refractivity contribution in [3.05, 3.63) is 53.7 Å². The van der Waals surface area contributed by atoms with Gasteiger partial charge in [0.05, 0.1) is 12.6 Å². The van der Waals surface area contributed by atoms with E-state index in [2.05, 4.69) is 4.98 Å². The minimum Gasteiger partial charge on any atom is -0.444 e. The lowest BCUT2D eigenvalue weighted by molar-refractivity contribution is -0.0624. The minimum absolute atomic E-state index is 0.139. The first kappa shape index (κ1) is 22.6. The first-order chi connectivity index (χ1) is 14.4. The zero-order valence-electron chi connectivity index (χ0n) is 18.5. The number of amides is 2. The van der Waals surface area contributed by atoms with Crippen molar-refractivity contribution in [3.8, 4) is 11.6 Å². The molecule has 166 valence electrons. The number of rotatable bonds is 5. The highest BCUT2D eigenvalue weighted by atomic mass is 16.6. The third kappa shape index (κ3) is 5.73. The molecule has 2 aromatic rings. The van der Waals surface area contributed by atoms with Crippen LogP contribution < -0.4 is 10.5 Å². The Balaban J connectivity index is 1.69. The Labute approximate surface area is 182 Å². The van der Waals surface area contributed by atoms with E-state index in [4.69, 9.17) is 19.9 Å². The summed E-state index contributed by atoms with van der Waals surface area (Å²) in [4.78, 5) is 29.8. The molecule has 1 aliphatic rings. The van der Waals surface area contributed by atoms with Gasteiger partial charge in [-0.05, 0) is 64.8 Å². The van der Waals surface area contributed by atoms with Gasteiger partial charge >= 0.3 is 6.09 Å². The van der Waals surface area contributed by atoms with Crippen LogP contribution in [0.1, 0.15) is 50.7 Å². The van der Waals surface area contributed by atoms with Crippen molar-refractivity contribution in [3.63, 3.8) is 0 Å². The van der Waals surface area contributed by atoms with Crippen LogP contribution in [0.3, 0.4) is 0 Å². The summed E-state index contributed by atoms with van der Waals surface area (Å²) in [5.74, 6) is 0.244. The van der Waals surface area contributed by atoms with Crippen LogP contribution in [-0.2, 0) is 15.9 Å². The zero-order valence-corrected chi connectivity index (χ0v) is 18.5. The molecule has 1 unspecified atom stereocenters. The third-order valence-corrected chi connectivity index (χ3v) is 4.76. The van der Waals surface area contributed by atoms with Crippen molar-refractivity contribution < 1.29 is 23.8 Å². The lowest BCUT2D eigenvalue weighted by Crippen LogP contribution is -2.50. The van der Waals surface area contributed by atoms with Crippen molar-refractivity contribution in [1.29, 1.82) is 0 Å². The molecule has 1 aliphatic heterocycles. The molecular formula is C23H29N3O5. The van der Waals surface area contributed by atoms with Gasteiger partial charge in [0, 0.05) is 6.07 Å². The van der Waals surface area contributed by atoms with Gasteiger partial charge in [0.1, 0.15) is 22.8 Å². The summed E-state index contributed by atoms with van der Waals surface area (Å²) >= 11 is 0. The smallest absolute Gasteiger partial charge is 0.412 e. The third-order valence-electron chi connectivity index (χ3n) is 4.76. The maximum Gasteiger partial charge on any atom is 0.412 e. The average Bonchev–Trinajstić information content (AvgIpc) is 2.96. The molecule has 2 heterocycles. The summed E-state index contributed by atoms with van der Waals surface area (Å²) in [5.41, 5.74) is 5.09. The molecule has 8 nitrogen and oxygen atoms in total. The van der Waals surface area contributed by atoms with Gasteiger partial charge in [-0.25, -0.2) is 9.78 Å². The van der Waals surface area contributed by atoms with Crippen molar-refractivity contribution in [2.45, 2.75) is 58.4 Å². The maximum atomic E-state index is 12.8. The number of hydrogen-bond acceptors (Lipinski definition) is 6. The number of pyridine rings is 1. The second kappa shape index (κ2) is 8.55. The first-order valence-electron chi connectivity index (χ1n) is 10.1. The molecule has 0 aliphatic carbocycles. The van der Waals surface area contributed by atoms with E-state index in [0.717, 1.165) is 5.56 Å². The topological polar surface area (TPSA) is 104 Å². The fraction of sp³-hybridized carbons (Fsp3) is 0.435. The van der Waals surface area contributed by atoms with E-state index in [-0.39, 0.29) is 23.7 Å². The molecule has 31 heavy (non-hydrogen) atoms. The van der Waals surface area contributed by atoms with Crippen LogP contribution in [0.5, 0.6) is 11.6 Å². The SMILES string of the molecule is CC(C)(C)OC(=O)N1C(Cc2ccc(Oc3cccc(C(N)=O)n3)cc2)COC1(C)C. The quantitative estimate of drug-likeness (QED) is 0.776. The number of nitrogens with zero attached hydrogens (tertiary/aromatic N) is 2. The number of benzene rings is 1. The number of primary amides is 1. The van der Waals surface area contributed by atoms with E-state index in [9.17, 15) is 9.59 Å². The standard InChI is InChI=1S/C23H29N3O5/c1-22(2,3)31-21(28)26-16(14-29-23(26,4)5)13-15-9-11-17(12-10-15)30-19-8-6-7-18(25-19)20(24)27/h6-12,16H,13-14H2,1-5H3,(H2,24,27). The summed E-state index contributed by atoms with van der Waals surface area (Å²) < 4.78 is 17.2. The first-order valence-corrected chi connectivity index (χ1v) is 10.1. The lowest BCUT2D eigenvalue weighted by Gasteiger charge is -2.35. The van der Waals surface area contributed by atoms with Crippen LogP contribution >= 0.6 is 0 Å². The van der Waals surface area contributed by atoms with Crippen molar-refractivity contribution in [2.24, 2.45) is 5.73 Å². The Morgan fingerprint density at radius 2 is 1.87 bits per heavy atom. The highest BCUT2D eigenvalue weighted by Crippen LogP contribution is 2.31. The highest BCUT2D eigenvalue weighted by molar-refractivity contribution is 5.90. The fourth-order valence-electron chi connectivity index (χ4n) is 3.41. The van der Waals surface area contributed by atoms with Gasteiger partial charge in [-0.2, -0.15) is 0 Å². The number of hydrogen-bond donors (Lipinski definition) is 1. The highest BCUT2D eigenvalue weighted by Gasteiger charge is 2.45. The van der Waals surface area contributed by atoms with E-state index >= 15 is 0 Å². The second-order valence-corrected chi connectivity index (χ2v) is 8.94. The lowest BCUT2D eigenvalue weighted by atomic mass is 10.0. The molecule has 1 aromatic heterocycles. The van der Waals surface area contributed by atoms with Gasteiger partial charge in [-0.15, -0.1) is 0 Å². The van der Waals surface area contributed by atoms with Gasteiger partial charge in [-0.1, -0.05) is 18.2 Å². The summed E-state index contributed by atoms with van der Waals surface area (Å²) in [5, 5.41) is 0. The Hall–Kier alpha value is -3.13. The average molecular weight is 428 g/mol. The Morgan fingerprint density at radius 1 is 1.19 bits per heavy atom. The number of nitrogens with two attached hydrogens (primary N) is 1. The van der Waals surface area contributed by atoms with E-state index in [1.165, 1.54) is 6.07 Å². The normalized spacial score (nSPS) is 18.0. The summed E-state index contributed by atoms with van der Waals surface area (Å²) in [6, 6.07) is 12.2. The zero-order chi connectivity index (χ0) is 22.8. The number of aromatic nitrogens is 1. The van der Waals surface area contributed by atoms with Gasteiger partial charge in [0.15, 0.2) is 0 Å². The molecule has 2 N–H and O–H groups in total. The molecule has 1 fully saturated rings. The predicted octanol–water partition coefficient (Wildman–Crippen LogP) is 3.89. The summed E-state index contributed by atoms with van der Waals surface area (Å²) in [6.45, 7) is 9.68. The fourth-order valence-corrected chi connectivity index (χ4v) is 3.41. The van der Waals surface area contributed by atoms with Gasteiger partial charge in [0.2, 0.25) is 5.88 Å². The van der Waals surface area contributed by atoms with Crippen molar-refractivity contribution >= 4 is 12.0 Å². The molecule has 0 spiro atoms. The number of carbonyl (C=O) groups excluding carboxylic acids is 2. The second-order valence-electron chi connectivity index (χ2n) is 8.94.